The second-order valence-electron chi connectivity index (χ2n) is 5.17. The van der Waals surface area contributed by atoms with Gasteiger partial charge in [0.15, 0.2) is 0 Å². The number of benzene rings is 1. The number of thiazole rings is 1. The second kappa shape index (κ2) is 5.31. The molecule has 0 radical (unpaired) electrons. The van der Waals surface area contributed by atoms with Crippen LogP contribution in [0.1, 0.15) is 27.6 Å². The lowest BCUT2D eigenvalue weighted by Crippen LogP contribution is -2.21. The van der Waals surface area contributed by atoms with Crippen molar-refractivity contribution < 1.29 is 5.11 Å². The molecular weight excluding hydrogens is 256 g/mol. The molecule has 4 heteroatoms. The Morgan fingerprint density at radius 3 is 2.84 bits per heavy atom. The summed E-state index contributed by atoms with van der Waals surface area (Å²) in [5.41, 5.74) is 8.24. The fourth-order valence-electron chi connectivity index (χ4n) is 2.56. The van der Waals surface area contributed by atoms with E-state index in [9.17, 15) is 5.11 Å². The van der Waals surface area contributed by atoms with Crippen molar-refractivity contribution >= 4 is 11.3 Å². The molecule has 1 aromatic carbocycles. The highest BCUT2D eigenvalue weighted by atomic mass is 32.1. The van der Waals surface area contributed by atoms with Crippen LogP contribution in [0.2, 0.25) is 0 Å². The number of phenols is 1. The van der Waals surface area contributed by atoms with Crippen LogP contribution < -0.4 is 5.73 Å². The Hall–Kier alpha value is -1.39. The predicted octanol–water partition coefficient (Wildman–Crippen LogP) is 2.50. The Bertz CT molecular complexity index is 562. The van der Waals surface area contributed by atoms with Gasteiger partial charge in [0.1, 0.15) is 5.75 Å². The molecule has 3 rings (SSSR count). The van der Waals surface area contributed by atoms with Crippen LogP contribution in [-0.4, -0.2) is 16.6 Å². The number of hydrogen-bond acceptors (Lipinski definition) is 4. The lowest BCUT2D eigenvalue weighted by atomic mass is 9.91. The molecule has 0 amide bonds. The number of hydrogen-bond donors (Lipinski definition) is 2. The summed E-state index contributed by atoms with van der Waals surface area (Å²) < 4.78 is 0. The van der Waals surface area contributed by atoms with Crippen molar-refractivity contribution in [2.24, 2.45) is 11.7 Å². The van der Waals surface area contributed by atoms with Gasteiger partial charge in [0.05, 0.1) is 10.7 Å². The third-order valence-corrected chi connectivity index (χ3v) is 4.83. The summed E-state index contributed by atoms with van der Waals surface area (Å²) in [7, 11) is 0. The SMILES string of the molecule is NCC1CCc2nc(Cc3ccc(O)cc3)sc2C1. The molecule has 2 aromatic rings. The van der Waals surface area contributed by atoms with Gasteiger partial charge in [0.25, 0.3) is 0 Å². The predicted molar refractivity (Wildman–Crippen MR) is 77.6 cm³/mol. The monoisotopic (exact) mass is 274 g/mol. The molecule has 100 valence electrons. The van der Waals surface area contributed by atoms with Crippen molar-refractivity contribution in [3.8, 4) is 5.75 Å². The zero-order valence-corrected chi connectivity index (χ0v) is 11.6. The average Bonchev–Trinajstić information content (AvgIpc) is 2.82. The molecule has 1 aliphatic rings. The summed E-state index contributed by atoms with van der Waals surface area (Å²) in [6.45, 7) is 0.782. The van der Waals surface area contributed by atoms with Crippen LogP contribution in [-0.2, 0) is 19.3 Å². The number of rotatable bonds is 3. The summed E-state index contributed by atoms with van der Waals surface area (Å²) in [6, 6.07) is 7.37. The molecule has 1 aromatic heterocycles. The van der Waals surface area contributed by atoms with Gasteiger partial charge in [-0.15, -0.1) is 11.3 Å². The fraction of sp³-hybridized carbons (Fsp3) is 0.400. The van der Waals surface area contributed by atoms with E-state index in [1.807, 2.05) is 23.5 Å². The Morgan fingerprint density at radius 1 is 1.32 bits per heavy atom. The average molecular weight is 274 g/mol. The van der Waals surface area contributed by atoms with Crippen LogP contribution in [0.5, 0.6) is 5.75 Å². The van der Waals surface area contributed by atoms with Gasteiger partial charge in [-0.05, 0) is 49.4 Å². The van der Waals surface area contributed by atoms with Crippen molar-refractivity contribution in [2.45, 2.75) is 25.7 Å². The van der Waals surface area contributed by atoms with Gasteiger partial charge in [-0.1, -0.05) is 12.1 Å². The summed E-state index contributed by atoms with van der Waals surface area (Å²) in [5.74, 6) is 0.947. The summed E-state index contributed by atoms with van der Waals surface area (Å²) in [4.78, 5) is 6.18. The van der Waals surface area contributed by atoms with E-state index in [2.05, 4.69) is 0 Å². The molecule has 1 aliphatic carbocycles. The van der Waals surface area contributed by atoms with Crippen molar-refractivity contribution in [1.82, 2.24) is 4.98 Å². The third kappa shape index (κ3) is 2.80. The number of nitrogens with zero attached hydrogens (tertiary/aromatic N) is 1. The van der Waals surface area contributed by atoms with E-state index in [1.165, 1.54) is 27.6 Å². The second-order valence-corrected chi connectivity index (χ2v) is 6.33. The number of phenolic OH excluding ortho intramolecular Hbond substituents is 1. The van der Waals surface area contributed by atoms with Crippen molar-refractivity contribution in [3.05, 3.63) is 45.4 Å². The molecule has 0 saturated carbocycles. The van der Waals surface area contributed by atoms with E-state index in [4.69, 9.17) is 10.7 Å². The Kier molecular flexibility index (Phi) is 3.53. The Balaban J connectivity index is 1.76. The largest absolute Gasteiger partial charge is 0.508 e. The van der Waals surface area contributed by atoms with Crippen LogP contribution in [0.15, 0.2) is 24.3 Å². The standard InChI is InChI=1S/C15H18N2OS/c16-9-11-3-6-13-14(7-11)19-15(17-13)8-10-1-4-12(18)5-2-10/h1-2,4-5,11,18H,3,6-9,16H2. The Morgan fingerprint density at radius 2 is 2.11 bits per heavy atom. The number of nitrogens with two attached hydrogens (primary N) is 1. The maximum Gasteiger partial charge on any atom is 0.115 e. The first-order chi connectivity index (χ1) is 9.24. The number of fused-ring (bicyclic) bond motifs is 1. The van der Waals surface area contributed by atoms with Crippen LogP contribution in [0.4, 0.5) is 0 Å². The van der Waals surface area contributed by atoms with E-state index in [0.29, 0.717) is 11.7 Å². The van der Waals surface area contributed by atoms with Crippen LogP contribution in [0, 0.1) is 5.92 Å². The minimum absolute atomic E-state index is 0.313. The van der Waals surface area contributed by atoms with Crippen LogP contribution in [0.3, 0.4) is 0 Å². The molecule has 0 fully saturated rings. The minimum atomic E-state index is 0.313. The molecule has 0 spiro atoms. The summed E-state index contributed by atoms with van der Waals surface area (Å²) in [6.07, 6.45) is 4.19. The molecule has 3 N–H and O–H groups in total. The van der Waals surface area contributed by atoms with E-state index in [1.54, 1.807) is 12.1 Å². The van der Waals surface area contributed by atoms with E-state index in [-0.39, 0.29) is 0 Å². The highest BCUT2D eigenvalue weighted by molar-refractivity contribution is 7.11. The van der Waals surface area contributed by atoms with Gasteiger partial charge in [0, 0.05) is 11.3 Å². The highest BCUT2D eigenvalue weighted by Crippen LogP contribution is 2.30. The first-order valence-corrected chi connectivity index (χ1v) is 7.51. The smallest absolute Gasteiger partial charge is 0.115 e. The lowest BCUT2D eigenvalue weighted by molar-refractivity contribution is 0.469. The number of aryl methyl sites for hydroxylation is 1. The third-order valence-electron chi connectivity index (χ3n) is 3.71. The van der Waals surface area contributed by atoms with Gasteiger partial charge >= 0.3 is 0 Å². The normalized spacial score (nSPS) is 18.3. The van der Waals surface area contributed by atoms with Gasteiger partial charge < -0.3 is 10.8 Å². The molecule has 1 heterocycles. The molecular formula is C15H18N2OS. The first-order valence-electron chi connectivity index (χ1n) is 6.70. The molecule has 0 saturated heterocycles. The minimum Gasteiger partial charge on any atom is -0.508 e. The van der Waals surface area contributed by atoms with Crippen molar-refractivity contribution in [1.29, 1.82) is 0 Å². The van der Waals surface area contributed by atoms with Gasteiger partial charge in [-0.2, -0.15) is 0 Å². The quantitative estimate of drug-likeness (QED) is 0.904. The lowest BCUT2D eigenvalue weighted by Gasteiger charge is -2.18. The topological polar surface area (TPSA) is 59.1 Å². The molecule has 19 heavy (non-hydrogen) atoms. The van der Waals surface area contributed by atoms with Crippen LogP contribution >= 0.6 is 11.3 Å². The Labute approximate surface area is 117 Å². The van der Waals surface area contributed by atoms with Crippen molar-refractivity contribution in [2.75, 3.05) is 6.54 Å². The zero-order valence-electron chi connectivity index (χ0n) is 10.8. The maximum atomic E-state index is 9.29. The number of aromatic hydroxyl groups is 1. The highest BCUT2D eigenvalue weighted by Gasteiger charge is 2.21. The molecule has 3 nitrogen and oxygen atoms in total. The van der Waals surface area contributed by atoms with E-state index >= 15 is 0 Å². The first kappa shape index (κ1) is 12.6. The van der Waals surface area contributed by atoms with Crippen LogP contribution in [0.25, 0.3) is 0 Å². The molecule has 0 aliphatic heterocycles. The maximum absolute atomic E-state index is 9.29. The number of aromatic nitrogens is 1. The van der Waals surface area contributed by atoms with Gasteiger partial charge in [-0.25, -0.2) is 4.98 Å². The fourth-order valence-corrected chi connectivity index (χ4v) is 3.83. The summed E-state index contributed by atoms with van der Waals surface area (Å²) in [5, 5.41) is 10.5. The molecule has 1 atom stereocenters. The van der Waals surface area contributed by atoms with Gasteiger partial charge in [0.2, 0.25) is 0 Å². The molecule has 0 bridgehead atoms. The van der Waals surface area contributed by atoms with E-state index in [0.717, 1.165) is 25.8 Å². The van der Waals surface area contributed by atoms with Crippen molar-refractivity contribution in [3.63, 3.8) is 0 Å². The zero-order chi connectivity index (χ0) is 13.2. The van der Waals surface area contributed by atoms with Gasteiger partial charge in [-0.3, -0.25) is 0 Å². The van der Waals surface area contributed by atoms with E-state index < -0.39 is 0 Å². The summed E-state index contributed by atoms with van der Waals surface area (Å²) >= 11 is 1.82. The molecule has 1 unspecified atom stereocenters.